The van der Waals surface area contributed by atoms with Crippen LogP contribution in [0.5, 0.6) is 5.75 Å². The molecule has 0 heterocycles. The van der Waals surface area contributed by atoms with Gasteiger partial charge in [0, 0.05) is 11.7 Å². The first kappa shape index (κ1) is 15.9. The van der Waals surface area contributed by atoms with Crippen LogP contribution in [-0.2, 0) is 0 Å². The molecule has 6 heteroatoms. The number of ether oxygens (including phenoxy) is 1. The Hall–Kier alpha value is -1.43. The zero-order valence-electron chi connectivity index (χ0n) is 11.7. The molecule has 2 atom stereocenters. The van der Waals surface area contributed by atoms with Crippen molar-refractivity contribution in [1.82, 2.24) is 0 Å². The Morgan fingerprint density at radius 3 is 2.52 bits per heavy atom. The van der Waals surface area contributed by atoms with Crippen molar-refractivity contribution in [3.63, 3.8) is 0 Å². The number of aliphatic hydroxyl groups is 1. The van der Waals surface area contributed by atoms with Gasteiger partial charge in [-0.15, -0.1) is 0 Å². The summed E-state index contributed by atoms with van der Waals surface area (Å²) in [4.78, 5) is 0. The van der Waals surface area contributed by atoms with Crippen molar-refractivity contribution in [1.29, 1.82) is 0 Å². The van der Waals surface area contributed by atoms with E-state index in [1.807, 2.05) is 0 Å². The van der Waals surface area contributed by atoms with Crippen LogP contribution < -0.4 is 10.1 Å². The summed E-state index contributed by atoms with van der Waals surface area (Å²) in [5.74, 6) is -0.567. The summed E-state index contributed by atoms with van der Waals surface area (Å²) in [5.41, 5.74) is 0.791. The van der Waals surface area contributed by atoms with E-state index in [9.17, 15) is 13.2 Å². The Kier molecular flexibility index (Phi) is 5.33. The van der Waals surface area contributed by atoms with Gasteiger partial charge in [-0.25, -0.2) is 0 Å². The lowest BCUT2D eigenvalue weighted by molar-refractivity contribution is -0.182. The molecule has 0 spiro atoms. The molecular weight excluding hydrogens is 283 g/mol. The number of rotatable bonds is 5. The Morgan fingerprint density at radius 2 is 1.90 bits per heavy atom. The largest absolute Gasteiger partial charge is 0.491 e. The topological polar surface area (TPSA) is 41.5 Å². The van der Waals surface area contributed by atoms with E-state index in [4.69, 9.17) is 9.84 Å². The summed E-state index contributed by atoms with van der Waals surface area (Å²) in [5, 5.41) is 11.8. The number of halogens is 3. The minimum Gasteiger partial charge on any atom is -0.491 e. The monoisotopic (exact) mass is 303 g/mol. The van der Waals surface area contributed by atoms with Gasteiger partial charge in [0.15, 0.2) is 0 Å². The minimum atomic E-state index is -4.09. The average molecular weight is 303 g/mol. The molecule has 0 aromatic heterocycles. The fourth-order valence-electron chi connectivity index (χ4n) is 2.66. The van der Waals surface area contributed by atoms with E-state index in [-0.39, 0.29) is 32.1 Å². The number of anilines is 1. The quantitative estimate of drug-likeness (QED) is 0.873. The second-order valence-corrected chi connectivity index (χ2v) is 5.34. The molecule has 0 amide bonds. The fraction of sp³-hybridized carbons (Fsp3) is 0.600. The van der Waals surface area contributed by atoms with Crippen LogP contribution in [0.25, 0.3) is 0 Å². The van der Waals surface area contributed by atoms with Gasteiger partial charge in [0.25, 0.3) is 0 Å². The summed E-state index contributed by atoms with van der Waals surface area (Å²) in [6, 6.07) is 6.90. The van der Waals surface area contributed by atoms with Crippen molar-refractivity contribution in [3.05, 3.63) is 24.3 Å². The first-order valence-corrected chi connectivity index (χ1v) is 7.16. The highest BCUT2D eigenvalue weighted by Gasteiger charge is 2.42. The number of alkyl halides is 3. The smallest absolute Gasteiger partial charge is 0.391 e. The third kappa shape index (κ3) is 4.81. The molecule has 1 fully saturated rings. The summed E-state index contributed by atoms with van der Waals surface area (Å²) >= 11 is 0. The molecule has 0 radical (unpaired) electrons. The van der Waals surface area contributed by atoms with Crippen molar-refractivity contribution >= 4 is 5.69 Å². The predicted molar refractivity (Wildman–Crippen MR) is 74.4 cm³/mol. The third-order valence-electron chi connectivity index (χ3n) is 3.72. The van der Waals surface area contributed by atoms with E-state index in [0.29, 0.717) is 12.2 Å². The van der Waals surface area contributed by atoms with E-state index in [1.54, 1.807) is 24.3 Å². The highest BCUT2D eigenvalue weighted by Crippen LogP contribution is 2.38. The maximum absolute atomic E-state index is 12.8. The SMILES string of the molecule is OCCOc1ccc(N[C@@H]2CCC[C@@H](C(F)(F)F)C2)cc1. The molecule has 21 heavy (non-hydrogen) atoms. The van der Waals surface area contributed by atoms with Crippen molar-refractivity contribution < 1.29 is 23.0 Å². The maximum atomic E-state index is 12.8. The van der Waals surface area contributed by atoms with Gasteiger partial charge in [-0.1, -0.05) is 6.42 Å². The van der Waals surface area contributed by atoms with Crippen LogP contribution in [0.4, 0.5) is 18.9 Å². The van der Waals surface area contributed by atoms with E-state index in [2.05, 4.69) is 5.32 Å². The minimum absolute atomic E-state index is 0.0547. The first-order valence-electron chi connectivity index (χ1n) is 7.16. The number of aliphatic hydroxyl groups excluding tert-OH is 1. The van der Waals surface area contributed by atoms with E-state index in [1.165, 1.54) is 0 Å². The summed E-state index contributed by atoms with van der Waals surface area (Å²) in [6.07, 6.45) is -2.38. The lowest BCUT2D eigenvalue weighted by atomic mass is 9.85. The Morgan fingerprint density at radius 1 is 1.19 bits per heavy atom. The van der Waals surface area contributed by atoms with Gasteiger partial charge in [0.1, 0.15) is 12.4 Å². The lowest BCUT2D eigenvalue weighted by Gasteiger charge is -2.31. The van der Waals surface area contributed by atoms with Crippen molar-refractivity contribution in [2.45, 2.75) is 37.9 Å². The molecule has 1 saturated carbocycles. The predicted octanol–water partition coefficient (Wildman–Crippen LogP) is 3.59. The molecule has 3 nitrogen and oxygen atoms in total. The zero-order valence-corrected chi connectivity index (χ0v) is 11.7. The van der Waals surface area contributed by atoms with Crippen LogP contribution in [0.2, 0.25) is 0 Å². The molecule has 2 rings (SSSR count). The molecule has 1 aromatic carbocycles. The van der Waals surface area contributed by atoms with Gasteiger partial charge < -0.3 is 15.2 Å². The number of hydrogen-bond acceptors (Lipinski definition) is 3. The molecule has 1 aliphatic carbocycles. The van der Waals surface area contributed by atoms with Crippen molar-refractivity contribution in [3.8, 4) is 5.75 Å². The van der Waals surface area contributed by atoms with Gasteiger partial charge >= 0.3 is 6.18 Å². The van der Waals surface area contributed by atoms with Crippen LogP contribution in [-0.4, -0.2) is 30.5 Å². The Bertz CT molecular complexity index is 434. The van der Waals surface area contributed by atoms with Crippen LogP contribution >= 0.6 is 0 Å². The molecule has 0 saturated heterocycles. The van der Waals surface area contributed by atoms with Gasteiger partial charge in [0.05, 0.1) is 12.5 Å². The molecule has 0 aliphatic heterocycles. The van der Waals surface area contributed by atoms with Crippen LogP contribution in [0.1, 0.15) is 25.7 Å². The van der Waals surface area contributed by atoms with Gasteiger partial charge in [-0.05, 0) is 43.5 Å². The zero-order chi connectivity index (χ0) is 15.3. The number of hydrogen-bond donors (Lipinski definition) is 2. The van der Waals surface area contributed by atoms with Crippen LogP contribution in [0.15, 0.2) is 24.3 Å². The van der Waals surface area contributed by atoms with Gasteiger partial charge in [0.2, 0.25) is 0 Å². The van der Waals surface area contributed by atoms with Crippen LogP contribution in [0.3, 0.4) is 0 Å². The molecule has 1 aliphatic rings. The molecule has 0 unspecified atom stereocenters. The highest BCUT2D eigenvalue weighted by molar-refractivity contribution is 5.47. The second-order valence-electron chi connectivity index (χ2n) is 5.34. The molecular formula is C15H20F3NO2. The Balaban J connectivity index is 1.89. The fourth-order valence-corrected chi connectivity index (χ4v) is 2.66. The van der Waals surface area contributed by atoms with Gasteiger partial charge in [-0.2, -0.15) is 13.2 Å². The van der Waals surface area contributed by atoms with E-state index >= 15 is 0 Å². The molecule has 0 bridgehead atoms. The van der Waals surface area contributed by atoms with E-state index in [0.717, 1.165) is 12.1 Å². The lowest BCUT2D eigenvalue weighted by Crippen LogP contribution is -2.34. The third-order valence-corrected chi connectivity index (χ3v) is 3.72. The van der Waals surface area contributed by atoms with Crippen molar-refractivity contribution in [2.24, 2.45) is 5.92 Å². The second kappa shape index (κ2) is 7.02. The highest BCUT2D eigenvalue weighted by atomic mass is 19.4. The summed E-state index contributed by atoms with van der Waals surface area (Å²) < 4.78 is 43.5. The standard InChI is InChI=1S/C15H20F3NO2/c16-15(17,18)11-2-1-3-13(10-11)19-12-4-6-14(7-5-12)21-9-8-20/h4-7,11,13,19-20H,1-3,8-10H2/t11-,13-/m1/s1. The first-order chi connectivity index (χ1) is 9.99. The van der Waals surface area contributed by atoms with Crippen molar-refractivity contribution in [2.75, 3.05) is 18.5 Å². The number of benzene rings is 1. The molecule has 118 valence electrons. The molecule has 1 aromatic rings. The van der Waals surface area contributed by atoms with E-state index < -0.39 is 12.1 Å². The average Bonchev–Trinajstić information content (AvgIpc) is 2.46. The normalized spacial score (nSPS) is 22.9. The van der Waals surface area contributed by atoms with Gasteiger partial charge in [-0.3, -0.25) is 0 Å². The Labute approximate surface area is 122 Å². The number of nitrogens with one attached hydrogen (secondary N) is 1. The summed E-state index contributed by atoms with van der Waals surface area (Å²) in [6.45, 7) is 0.170. The maximum Gasteiger partial charge on any atom is 0.391 e. The van der Waals surface area contributed by atoms with Crippen LogP contribution in [0, 0.1) is 5.92 Å². The molecule has 2 N–H and O–H groups in total. The summed E-state index contributed by atoms with van der Waals surface area (Å²) in [7, 11) is 0.